The van der Waals surface area contributed by atoms with Crippen LogP contribution in [0.3, 0.4) is 0 Å². The quantitative estimate of drug-likeness (QED) is 0.739. The van der Waals surface area contributed by atoms with Crippen molar-refractivity contribution >= 4 is 11.5 Å². The predicted molar refractivity (Wildman–Crippen MR) is 92.1 cm³/mol. The summed E-state index contributed by atoms with van der Waals surface area (Å²) in [5, 5.41) is 6.48. The molecule has 0 aliphatic rings. The van der Waals surface area contributed by atoms with Gasteiger partial charge in [0.2, 0.25) is 0 Å². The van der Waals surface area contributed by atoms with Gasteiger partial charge in [-0.3, -0.25) is 0 Å². The van der Waals surface area contributed by atoms with Crippen LogP contribution in [0, 0.1) is 0 Å². The van der Waals surface area contributed by atoms with Crippen LogP contribution < -0.4 is 15.4 Å². The molecule has 0 bridgehead atoms. The first-order valence-corrected chi connectivity index (χ1v) is 8.15. The highest BCUT2D eigenvalue weighted by Gasteiger charge is 2.31. The number of hydrogen-bond donors (Lipinski definition) is 2. The van der Waals surface area contributed by atoms with Crippen molar-refractivity contribution in [2.45, 2.75) is 39.1 Å². The van der Waals surface area contributed by atoms with E-state index in [0.29, 0.717) is 11.5 Å². The van der Waals surface area contributed by atoms with Crippen molar-refractivity contribution in [1.29, 1.82) is 0 Å². The maximum absolute atomic E-state index is 12.2. The minimum absolute atomic E-state index is 0.138. The Morgan fingerprint density at radius 2 is 1.80 bits per heavy atom. The highest BCUT2D eigenvalue weighted by Crippen LogP contribution is 2.30. The smallest absolute Gasteiger partial charge is 0.406 e. The number of nitrogens with zero attached hydrogens (tertiary/aromatic N) is 1. The molecule has 1 aromatic heterocycles. The molecule has 0 aliphatic carbocycles. The molecule has 0 spiro atoms. The van der Waals surface area contributed by atoms with Gasteiger partial charge in [-0.1, -0.05) is 13.8 Å². The first-order valence-electron chi connectivity index (χ1n) is 8.15. The molecule has 1 heterocycles. The minimum Gasteiger partial charge on any atom is -0.406 e. The number of pyridine rings is 1. The van der Waals surface area contributed by atoms with Gasteiger partial charge < -0.3 is 15.4 Å². The van der Waals surface area contributed by atoms with Crippen molar-refractivity contribution in [1.82, 2.24) is 10.3 Å². The van der Waals surface area contributed by atoms with Crippen LogP contribution in [0.25, 0.3) is 0 Å². The molecule has 2 rings (SSSR count). The van der Waals surface area contributed by atoms with Crippen molar-refractivity contribution in [3.8, 4) is 5.75 Å². The molecule has 25 heavy (non-hydrogen) atoms. The molecule has 136 valence electrons. The highest BCUT2D eigenvalue weighted by molar-refractivity contribution is 5.62. The van der Waals surface area contributed by atoms with Gasteiger partial charge in [-0.05, 0) is 55.8 Å². The van der Waals surface area contributed by atoms with E-state index in [-0.39, 0.29) is 11.8 Å². The summed E-state index contributed by atoms with van der Waals surface area (Å²) in [4.78, 5) is 4.42. The summed E-state index contributed by atoms with van der Waals surface area (Å²) < 4.78 is 40.6. The summed E-state index contributed by atoms with van der Waals surface area (Å²) in [7, 11) is 1.90. The maximum Gasteiger partial charge on any atom is 0.573 e. The number of rotatable bonds is 7. The Balaban J connectivity index is 2.28. The number of hydrogen-bond acceptors (Lipinski definition) is 4. The van der Waals surface area contributed by atoms with Crippen molar-refractivity contribution in [2.24, 2.45) is 0 Å². The maximum atomic E-state index is 12.2. The summed E-state index contributed by atoms with van der Waals surface area (Å²) in [6, 6.07) is 7.74. The molecule has 0 radical (unpaired) electrons. The first kappa shape index (κ1) is 19.1. The molecule has 2 aromatic rings. The van der Waals surface area contributed by atoms with E-state index >= 15 is 0 Å². The fourth-order valence-corrected chi connectivity index (χ4v) is 2.74. The van der Waals surface area contributed by atoms with Crippen molar-refractivity contribution < 1.29 is 17.9 Å². The third-order valence-corrected chi connectivity index (χ3v) is 3.92. The Morgan fingerprint density at radius 1 is 1.12 bits per heavy atom. The van der Waals surface area contributed by atoms with Crippen molar-refractivity contribution in [3.05, 3.63) is 47.7 Å². The molecule has 0 saturated heterocycles. The van der Waals surface area contributed by atoms with E-state index in [1.165, 1.54) is 29.8 Å². The van der Waals surface area contributed by atoms with E-state index in [4.69, 9.17) is 0 Å². The molecule has 7 heteroatoms. The van der Waals surface area contributed by atoms with E-state index in [1.54, 1.807) is 6.20 Å². The van der Waals surface area contributed by atoms with Crippen LogP contribution in [-0.4, -0.2) is 18.4 Å². The fourth-order valence-electron chi connectivity index (χ4n) is 2.74. The van der Waals surface area contributed by atoms with E-state index < -0.39 is 6.36 Å². The molecule has 0 amide bonds. The molecule has 0 fully saturated rings. The number of anilines is 2. The Hall–Kier alpha value is -2.28. The Kier molecular flexibility index (Phi) is 6.25. The highest BCUT2D eigenvalue weighted by atomic mass is 19.4. The normalized spacial score (nSPS) is 12.7. The largest absolute Gasteiger partial charge is 0.573 e. The van der Waals surface area contributed by atoms with Crippen LogP contribution in [0.1, 0.15) is 37.4 Å². The molecular weight excluding hydrogens is 331 g/mol. The van der Waals surface area contributed by atoms with E-state index in [9.17, 15) is 13.2 Å². The van der Waals surface area contributed by atoms with Crippen LogP contribution in [0.15, 0.2) is 36.5 Å². The zero-order valence-electron chi connectivity index (χ0n) is 14.4. The Labute approximate surface area is 145 Å². The van der Waals surface area contributed by atoms with Gasteiger partial charge in [-0.15, -0.1) is 13.2 Å². The molecule has 4 nitrogen and oxygen atoms in total. The predicted octanol–water partition coefficient (Wildman–Crippen LogP) is 4.96. The molecule has 0 aliphatic heterocycles. The van der Waals surface area contributed by atoms with E-state index in [1.807, 2.05) is 13.1 Å². The molecule has 0 saturated carbocycles. The molecule has 1 atom stereocenters. The lowest BCUT2D eigenvalue weighted by Gasteiger charge is -2.22. The van der Waals surface area contributed by atoms with Gasteiger partial charge in [0, 0.05) is 23.5 Å². The van der Waals surface area contributed by atoms with Gasteiger partial charge in [0.25, 0.3) is 0 Å². The average Bonchev–Trinajstić information content (AvgIpc) is 2.57. The van der Waals surface area contributed by atoms with E-state index in [0.717, 1.165) is 18.4 Å². The second-order valence-corrected chi connectivity index (χ2v) is 5.53. The summed E-state index contributed by atoms with van der Waals surface area (Å²) in [5.41, 5.74) is 2.89. The third kappa shape index (κ3) is 5.09. The topological polar surface area (TPSA) is 46.2 Å². The summed E-state index contributed by atoms with van der Waals surface area (Å²) in [5.74, 6) is 0.445. The summed E-state index contributed by atoms with van der Waals surface area (Å²) in [6.07, 6.45) is -1.21. The zero-order chi connectivity index (χ0) is 18.4. The second kappa shape index (κ2) is 8.20. The van der Waals surface area contributed by atoms with Gasteiger partial charge in [-0.25, -0.2) is 4.98 Å². The van der Waals surface area contributed by atoms with Crippen LogP contribution >= 0.6 is 0 Å². The monoisotopic (exact) mass is 353 g/mol. The number of nitrogens with one attached hydrogen (secondary N) is 2. The van der Waals surface area contributed by atoms with E-state index in [2.05, 4.69) is 34.2 Å². The van der Waals surface area contributed by atoms with Gasteiger partial charge in [0.15, 0.2) is 0 Å². The molecular formula is C18H22F3N3O. The zero-order valence-corrected chi connectivity index (χ0v) is 14.4. The number of halogens is 3. The van der Waals surface area contributed by atoms with Crippen LogP contribution in [0.2, 0.25) is 0 Å². The van der Waals surface area contributed by atoms with Gasteiger partial charge in [0.1, 0.15) is 11.6 Å². The number of benzene rings is 1. The molecule has 2 N–H and O–H groups in total. The number of aromatic nitrogens is 1. The van der Waals surface area contributed by atoms with Crippen molar-refractivity contribution in [3.63, 3.8) is 0 Å². The van der Waals surface area contributed by atoms with Crippen molar-refractivity contribution in [2.75, 3.05) is 12.4 Å². The number of ether oxygens (including phenoxy) is 1. The Morgan fingerprint density at radius 3 is 2.32 bits per heavy atom. The minimum atomic E-state index is -4.69. The number of aryl methyl sites for hydroxylation is 1. The average molecular weight is 353 g/mol. The van der Waals surface area contributed by atoms with Gasteiger partial charge in [0.05, 0.1) is 0 Å². The lowest BCUT2D eigenvalue weighted by Crippen LogP contribution is -2.19. The molecule has 1 unspecified atom stereocenters. The van der Waals surface area contributed by atoms with Crippen LogP contribution in [0.5, 0.6) is 5.75 Å². The van der Waals surface area contributed by atoms with Gasteiger partial charge >= 0.3 is 6.36 Å². The second-order valence-electron chi connectivity index (χ2n) is 5.53. The van der Waals surface area contributed by atoms with Gasteiger partial charge in [-0.2, -0.15) is 0 Å². The molecule has 1 aromatic carbocycles. The summed E-state index contributed by atoms with van der Waals surface area (Å²) in [6.45, 7) is 4.16. The van der Waals surface area contributed by atoms with Crippen LogP contribution in [-0.2, 0) is 6.42 Å². The summed E-state index contributed by atoms with van der Waals surface area (Å²) >= 11 is 0. The Bertz CT molecular complexity index is 683. The lowest BCUT2D eigenvalue weighted by atomic mass is 9.97. The van der Waals surface area contributed by atoms with Crippen LogP contribution in [0.4, 0.5) is 24.7 Å². The third-order valence-electron chi connectivity index (χ3n) is 3.92. The lowest BCUT2D eigenvalue weighted by molar-refractivity contribution is -0.274. The SMILES string of the molecule is CCc1ccnc(Nc2ccc(OC(F)(F)F)cc2)c1C(CC)NC. The number of alkyl halides is 3. The first-order chi connectivity index (χ1) is 11.9. The standard InChI is InChI=1S/C18H22F3N3O/c1-4-12-10-11-23-17(16(12)15(5-2)22-3)24-13-6-8-14(9-7-13)25-18(19,20)21/h6-11,15,22H,4-5H2,1-3H3,(H,23,24). The fraction of sp³-hybridized carbons (Fsp3) is 0.389.